The Morgan fingerprint density at radius 3 is 1.75 bits per heavy atom. The Morgan fingerprint density at radius 2 is 0.927 bits per heavy atom. The second kappa shape index (κ2) is 12.6. The molecule has 11 rings (SSSR count). The summed E-state index contributed by atoms with van der Waals surface area (Å²) >= 11 is 0. The molecular formula is C52H33NO2. The lowest BCUT2D eigenvalue weighted by molar-refractivity contribution is 0.669. The number of fused-ring (bicyclic) bond motifs is 8. The van der Waals surface area contributed by atoms with Crippen LogP contribution >= 0.6 is 0 Å². The zero-order chi connectivity index (χ0) is 36.3. The highest BCUT2D eigenvalue weighted by Gasteiger charge is 2.22. The molecule has 0 aliphatic rings. The normalized spacial score (nSPS) is 11.6. The van der Waals surface area contributed by atoms with E-state index < -0.39 is 0 Å². The average molecular weight is 704 g/mol. The van der Waals surface area contributed by atoms with Gasteiger partial charge in [-0.3, -0.25) is 0 Å². The molecule has 3 nitrogen and oxygen atoms in total. The fraction of sp³-hybridized carbons (Fsp3) is 0. The Hall–Kier alpha value is -7.36. The molecule has 0 saturated carbocycles. The van der Waals surface area contributed by atoms with E-state index in [1.54, 1.807) is 0 Å². The Labute approximate surface area is 317 Å². The Morgan fingerprint density at radius 1 is 0.327 bits per heavy atom. The third-order valence-electron chi connectivity index (χ3n) is 10.9. The summed E-state index contributed by atoms with van der Waals surface area (Å²) in [6, 6.07) is 71.0. The van der Waals surface area contributed by atoms with Crippen molar-refractivity contribution in [3.05, 3.63) is 200 Å². The van der Waals surface area contributed by atoms with Gasteiger partial charge in [0.15, 0.2) is 0 Å². The first-order valence-electron chi connectivity index (χ1n) is 18.7. The lowest BCUT2D eigenvalue weighted by Crippen LogP contribution is -2.12. The molecule has 55 heavy (non-hydrogen) atoms. The van der Waals surface area contributed by atoms with Crippen LogP contribution in [0, 0.1) is 0 Å². The van der Waals surface area contributed by atoms with Gasteiger partial charge in [0, 0.05) is 43.7 Å². The number of hydrogen-bond acceptors (Lipinski definition) is 3. The van der Waals surface area contributed by atoms with E-state index in [-0.39, 0.29) is 0 Å². The lowest BCUT2D eigenvalue weighted by atomic mass is 9.96. The van der Waals surface area contributed by atoms with Gasteiger partial charge in [0.1, 0.15) is 22.3 Å². The van der Waals surface area contributed by atoms with Crippen molar-refractivity contribution >= 4 is 71.7 Å². The molecule has 0 amide bonds. The number of rotatable bonds is 6. The number of anilines is 3. The van der Waals surface area contributed by atoms with Gasteiger partial charge in [-0.05, 0) is 82.2 Å². The van der Waals surface area contributed by atoms with Crippen molar-refractivity contribution in [3.63, 3.8) is 0 Å². The van der Waals surface area contributed by atoms with Crippen LogP contribution in [-0.4, -0.2) is 0 Å². The van der Waals surface area contributed by atoms with E-state index in [0.717, 1.165) is 99.7 Å². The maximum Gasteiger partial charge on any atom is 0.143 e. The molecule has 11 aromatic rings. The zero-order valence-electron chi connectivity index (χ0n) is 29.8. The van der Waals surface area contributed by atoms with Gasteiger partial charge in [-0.25, -0.2) is 0 Å². The molecule has 0 aliphatic heterocycles. The molecule has 2 heterocycles. The molecule has 0 spiro atoms. The summed E-state index contributed by atoms with van der Waals surface area (Å²) in [6.07, 6.45) is 0. The van der Waals surface area contributed by atoms with E-state index in [0.29, 0.717) is 0 Å². The number of benzene rings is 9. The van der Waals surface area contributed by atoms with Crippen molar-refractivity contribution < 1.29 is 8.83 Å². The van der Waals surface area contributed by atoms with Crippen LogP contribution in [0.25, 0.3) is 88.0 Å². The highest BCUT2D eigenvalue weighted by Crippen LogP contribution is 2.46. The van der Waals surface area contributed by atoms with Crippen molar-refractivity contribution in [2.75, 3.05) is 4.90 Å². The fourth-order valence-electron chi connectivity index (χ4n) is 8.33. The molecule has 0 saturated heterocycles. The number of furan rings is 2. The van der Waals surface area contributed by atoms with Crippen LogP contribution in [0.1, 0.15) is 0 Å². The van der Waals surface area contributed by atoms with Crippen molar-refractivity contribution in [2.45, 2.75) is 0 Å². The van der Waals surface area contributed by atoms with Crippen molar-refractivity contribution in [1.29, 1.82) is 0 Å². The monoisotopic (exact) mass is 703 g/mol. The highest BCUT2D eigenvalue weighted by atomic mass is 16.3. The molecule has 0 bridgehead atoms. The van der Waals surface area contributed by atoms with Crippen LogP contribution in [0.3, 0.4) is 0 Å². The van der Waals surface area contributed by atoms with Crippen LogP contribution in [0.2, 0.25) is 0 Å². The molecule has 0 fully saturated rings. The van der Waals surface area contributed by atoms with Crippen molar-refractivity contribution in [3.8, 4) is 33.4 Å². The molecule has 258 valence electrons. The van der Waals surface area contributed by atoms with Crippen LogP contribution in [0.5, 0.6) is 0 Å². The Kier molecular flexibility index (Phi) is 7.17. The van der Waals surface area contributed by atoms with Crippen molar-refractivity contribution in [2.24, 2.45) is 0 Å². The number of nitrogens with zero attached hydrogens (tertiary/aromatic N) is 1. The zero-order valence-corrected chi connectivity index (χ0v) is 29.8. The van der Waals surface area contributed by atoms with E-state index in [9.17, 15) is 0 Å². The summed E-state index contributed by atoms with van der Waals surface area (Å²) in [6.45, 7) is 0. The van der Waals surface area contributed by atoms with Gasteiger partial charge in [0.05, 0.1) is 11.4 Å². The first-order chi connectivity index (χ1) is 27.3. The molecule has 0 aliphatic carbocycles. The van der Waals surface area contributed by atoms with Gasteiger partial charge in [0.25, 0.3) is 0 Å². The largest absolute Gasteiger partial charge is 0.456 e. The summed E-state index contributed by atoms with van der Waals surface area (Å²) in [5, 5.41) is 6.79. The smallest absolute Gasteiger partial charge is 0.143 e. The summed E-state index contributed by atoms with van der Waals surface area (Å²) in [7, 11) is 0. The van der Waals surface area contributed by atoms with E-state index in [1.807, 2.05) is 12.1 Å². The molecule has 3 heteroatoms. The van der Waals surface area contributed by atoms with Gasteiger partial charge in [-0.15, -0.1) is 0 Å². The quantitative estimate of drug-likeness (QED) is 0.173. The van der Waals surface area contributed by atoms with Gasteiger partial charge < -0.3 is 13.7 Å². The highest BCUT2D eigenvalue weighted by molar-refractivity contribution is 6.16. The van der Waals surface area contributed by atoms with Crippen LogP contribution < -0.4 is 4.90 Å². The van der Waals surface area contributed by atoms with Crippen LogP contribution in [0.15, 0.2) is 209 Å². The molecule has 0 radical (unpaired) electrons. The maximum absolute atomic E-state index is 6.51. The first-order valence-corrected chi connectivity index (χ1v) is 18.7. The fourth-order valence-corrected chi connectivity index (χ4v) is 8.33. The topological polar surface area (TPSA) is 29.5 Å². The van der Waals surface area contributed by atoms with Crippen molar-refractivity contribution in [1.82, 2.24) is 0 Å². The number of hydrogen-bond donors (Lipinski definition) is 0. The predicted molar refractivity (Wildman–Crippen MR) is 229 cm³/mol. The molecule has 0 unspecified atom stereocenters. The molecule has 0 atom stereocenters. The van der Waals surface area contributed by atoms with Gasteiger partial charge in [-0.2, -0.15) is 0 Å². The average Bonchev–Trinajstić information content (AvgIpc) is 3.83. The van der Waals surface area contributed by atoms with Gasteiger partial charge in [0.2, 0.25) is 0 Å². The van der Waals surface area contributed by atoms with Gasteiger partial charge >= 0.3 is 0 Å². The van der Waals surface area contributed by atoms with E-state index >= 15 is 0 Å². The second-order valence-electron chi connectivity index (χ2n) is 14.0. The molecule has 0 N–H and O–H groups in total. The molecular weight excluding hydrogens is 671 g/mol. The summed E-state index contributed by atoms with van der Waals surface area (Å²) in [5.74, 6) is 0. The summed E-state index contributed by atoms with van der Waals surface area (Å²) in [5.41, 5.74) is 13.7. The van der Waals surface area contributed by atoms with E-state index in [1.165, 1.54) is 5.39 Å². The third-order valence-corrected chi connectivity index (χ3v) is 10.9. The predicted octanol–water partition coefficient (Wildman–Crippen LogP) is 15.1. The van der Waals surface area contributed by atoms with E-state index in [4.69, 9.17) is 8.83 Å². The number of para-hydroxylation sites is 3. The minimum absolute atomic E-state index is 0.884. The summed E-state index contributed by atoms with van der Waals surface area (Å²) in [4.78, 5) is 2.40. The Bertz CT molecular complexity index is 3210. The lowest BCUT2D eigenvalue weighted by Gasteiger charge is -2.30. The first kappa shape index (κ1) is 31.2. The van der Waals surface area contributed by atoms with E-state index in [2.05, 4.69) is 193 Å². The van der Waals surface area contributed by atoms with Crippen LogP contribution in [-0.2, 0) is 0 Å². The molecule has 9 aromatic carbocycles. The maximum atomic E-state index is 6.51. The minimum Gasteiger partial charge on any atom is -0.456 e. The minimum atomic E-state index is 0.884. The van der Waals surface area contributed by atoms with Crippen LogP contribution in [0.4, 0.5) is 17.1 Å². The Balaban J connectivity index is 1.10. The van der Waals surface area contributed by atoms with Gasteiger partial charge in [-0.1, -0.05) is 146 Å². The molecule has 2 aromatic heterocycles. The second-order valence-corrected chi connectivity index (χ2v) is 14.0. The standard InChI is InChI=1S/C52H33NO2/c1-2-13-34(14-3-1)39-16-6-9-21-46(39)53(38-29-25-36(26-30-38)41-20-12-24-50-51(41)44-19-8-11-23-48(44)54-50)47-22-10-7-17-40(47)37-28-32-49-45(33-37)43-31-27-35-15-4-5-18-42(35)52(43)55-49/h1-33H. The summed E-state index contributed by atoms with van der Waals surface area (Å²) < 4.78 is 12.8. The SMILES string of the molecule is c1ccc(-c2ccccc2N(c2ccc(-c3cccc4oc5ccccc5c34)cc2)c2ccccc2-c2ccc3oc4c5ccccc5ccc4c3c2)cc1. The third kappa shape index (κ3) is 5.13.